The van der Waals surface area contributed by atoms with Crippen LogP contribution in [0.4, 0.5) is 0 Å². The molecule has 0 spiro atoms. The highest BCUT2D eigenvalue weighted by atomic mass is 16.2. The van der Waals surface area contributed by atoms with Gasteiger partial charge in [0, 0.05) is 6.54 Å². The van der Waals surface area contributed by atoms with E-state index in [9.17, 15) is 4.79 Å². The van der Waals surface area contributed by atoms with Gasteiger partial charge in [-0.3, -0.25) is 4.79 Å². The largest absolute Gasteiger partial charge is 0.352 e. The molecular weight excluding hydrogens is 198 g/mol. The second kappa shape index (κ2) is 3.47. The van der Waals surface area contributed by atoms with Crippen molar-refractivity contribution in [1.29, 1.82) is 0 Å². The van der Waals surface area contributed by atoms with Gasteiger partial charge in [0.1, 0.15) is 0 Å². The van der Waals surface area contributed by atoms with E-state index in [4.69, 9.17) is 0 Å². The van der Waals surface area contributed by atoms with Crippen molar-refractivity contribution in [3.05, 3.63) is 24.8 Å². The predicted octanol–water partition coefficient (Wildman–Crippen LogP) is 2.67. The van der Waals surface area contributed by atoms with Crippen molar-refractivity contribution in [2.24, 2.45) is 16.7 Å². The Morgan fingerprint density at radius 2 is 2.31 bits per heavy atom. The summed E-state index contributed by atoms with van der Waals surface area (Å²) in [4.78, 5) is 12.3. The van der Waals surface area contributed by atoms with Crippen LogP contribution in [-0.4, -0.2) is 12.5 Å². The Kier molecular flexibility index (Phi) is 2.48. The third kappa shape index (κ3) is 1.28. The van der Waals surface area contributed by atoms with E-state index in [1.807, 2.05) is 0 Å². The third-order valence-corrected chi connectivity index (χ3v) is 4.73. The van der Waals surface area contributed by atoms with Crippen LogP contribution >= 0.6 is 0 Å². The minimum atomic E-state index is -0.281. The molecule has 2 bridgehead atoms. The van der Waals surface area contributed by atoms with Gasteiger partial charge in [-0.05, 0) is 30.6 Å². The number of nitrogens with one attached hydrogen (secondary N) is 1. The standard InChI is InChI=1S/C14H21NO/c1-5-8-15-12(16)14-7-6-11(9-14)13(3,4)10(14)2/h5,11H,1-2,6-9H2,3-4H3,(H,15,16)/t11-,14-/m0/s1. The Hall–Kier alpha value is -1.05. The minimum absolute atomic E-state index is 0.129. The summed E-state index contributed by atoms with van der Waals surface area (Å²) in [6.07, 6.45) is 4.85. The van der Waals surface area contributed by atoms with Crippen molar-refractivity contribution in [1.82, 2.24) is 5.32 Å². The van der Waals surface area contributed by atoms with Crippen molar-refractivity contribution in [2.45, 2.75) is 33.1 Å². The molecule has 0 aromatic rings. The van der Waals surface area contributed by atoms with Crippen molar-refractivity contribution in [2.75, 3.05) is 6.54 Å². The molecule has 0 unspecified atom stereocenters. The van der Waals surface area contributed by atoms with E-state index in [1.165, 1.54) is 0 Å². The summed E-state index contributed by atoms with van der Waals surface area (Å²) in [7, 11) is 0. The fraction of sp³-hybridized carbons (Fsp3) is 0.643. The van der Waals surface area contributed by atoms with Gasteiger partial charge < -0.3 is 5.32 Å². The van der Waals surface area contributed by atoms with Gasteiger partial charge in [-0.1, -0.05) is 32.1 Å². The van der Waals surface area contributed by atoms with Gasteiger partial charge >= 0.3 is 0 Å². The summed E-state index contributed by atoms with van der Waals surface area (Å²) < 4.78 is 0. The number of amides is 1. The molecule has 16 heavy (non-hydrogen) atoms. The first-order valence-corrected chi connectivity index (χ1v) is 6.04. The van der Waals surface area contributed by atoms with Crippen LogP contribution in [0.25, 0.3) is 0 Å². The van der Waals surface area contributed by atoms with Gasteiger partial charge in [-0.15, -0.1) is 6.58 Å². The van der Waals surface area contributed by atoms with Crippen LogP contribution in [0.3, 0.4) is 0 Å². The Morgan fingerprint density at radius 3 is 2.81 bits per heavy atom. The molecule has 0 radical (unpaired) electrons. The average Bonchev–Trinajstić information content (AvgIpc) is 2.76. The summed E-state index contributed by atoms with van der Waals surface area (Å²) in [5, 5.41) is 2.94. The van der Waals surface area contributed by atoms with Crippen LogP contribution in [0.1, 0.15) is 33.1 Å². The highest BCUT2D eigenvalue weighted by molar-refractivity contribution is 5.87. The molecule has 2 atom stereocenters. The van der Waals surface area contributed by atoms with Crippen LogP contribution in [0.2, 0.25) is 0 Å². The maximum atomic E-state index is 12.3. The topological polar surface area (TPSA) is 29.1 Å². The van der Waals surface area contributed by atoms with Crippen molar-refractivity contribution in [3.8, 4) is 0 Å². The normalized spacial score (nSPS) is 35.1. The first kappa shape index (κ1) is 11.4. The zero-order valence-electron chi connectivity index (χ0n) is 10.3. The van der Waals surface area contributed by atoms with E-state index >= 15 is 0 Å². The van der Waals surface area contributed by atoms with Crippen molar-refractivity contribution >= 4 is 5.91 Å². The molecule has 0 aromatic carbocycles. The molecule has 0 aromatic heterocycles. The number of rotatable bonds is 3. The fourth-order valence-electron chi connectivity index (χ4n) is 3.48. The van der Waals surface area contributed by atoms with E-state index < -0.39 is 0 Å². The SMILES string of the molecule is C=CCNC(=O)[C@@]12CC[C@@H](C1)C(C)(C)C2=C. The lowest BCUT2D eigenvalue weighted by molar-refractivity contribution is -0.128. The number of fused-ring (bicyclic) bond motifs is 2. The quantitative estimate of drug-likeness (QED) is 0.726. The van der Waals surface area contributed by atoms with Crippen molar-refractivity contribution < 1.29 is 4.79 Å². The van der Waals surface area contributed by atoms with Crippen molar-refractivity contribution in [3.63, 3.8) is 0 Å². The fourth-order valence-corrected chi connectivity index (χ4v) is 3.48. The van der Waals surface area contributed by atoms with Gasteiger partial charge in [0.25, 0.3) is 0 Å². The van der Waals surface area contributed by atoms with Crippen LogP contribution in [0.15, 0.2) is 24.8 Å². The molecular formula is C14H21NO. The highest BCUT2D eigenvalue weighted by Gasteiger charge is 2.60. The molecule has 2 saturated carbocycles. The lowest BCUT2D eigenvalue weighted by Gasteiger charge is -2.37. The zero-order chi connectivity index (χ0) is 12.0. The first-order valence-electron chi connectivity index (χ1n) is 6.04. The monoisotopic (exact) mass is 219 g/mol. The van der Waals surface area contributed by atoms with Crippen LogP contribution < -0.4 is 5.32 Å². The smallest absolute Gasteiger partial charge is 0.230 e. The molecule has 2 rings (SSSR count). The number of hydrogen-bond acceptors (Lipinski definition) is 1. The number of carbonyl (C=O) groups is 1. The second-order valence-corrected chi connectivity index (χ2v) is 5.72. The summed E-state index contributed by atoms with van der Waals surface area (Å²) in [5.74, 6) is 0.792. The van der Waals surface area contributed by atoms with E-state index in [0.29, 0.717) is 12.5 Å². The molecule has 2 nitrogen and oxygen atoms in total. The lowest BCUT2D eigenvalue weighted by Crippen LogP contribution is -2.41. The molecule has 0 heterocycles. The molecule has 88 valence electrons. The molecule has 0 saturated heterocycles. The second-order valence-electron chi connectivity index (χ2n) is 5.72. The van der Waals surface area contributed by atoms with E-state index in [0.717, 1.165) is 24.8 Å². The third-order valence-electron chi connectivity index (χ3n) is 4.73. The zero-order valence-corrected chi connectivity index (χ0v) is 10.3. The van der Waals surface area contributed by atoms with Gasteiger partial charge in [-0.2, -0.15) is 0 Å². The maximum absolute atomic E-state index is 12.3. The van der Waals surface area contributed by atoms with Crippen LogP contribution in [-0.2, 0) is 4.79 Å². The number of carbonyl (C=O) groups excluding carboxylic acids is 1. The Bertz CT molecular complexity index is 356. The maximum Gasteiger partial charge on any atom is 0.230 e. The molecule has 0 aliphatic heterocycles. The summed E-state index contributed by atoms with van der Waals surface area (Å²) >= 11 is 0. The molecule has 2 heteroatoms. The van der Waals surface area contributed by atoms with E-state index in [-0.39, 0.29) is 16.7 Å². The molecule has 2 aliphatic carbocycles. The number of hydrogen-bond donors (Lipinski definition) is 1. The summed E-state index contributed by atoms with van der Waals surface area (Å²) in [5.41, 5.74) is 0.985. The molecule has 1 amide bonds. The minimum Gasteiger partial charge on any atom is -0.352 e. The lowest BCUT2D eigenvalue weighted by atomic mass is 9.68. The highest BCUT2D eigenvalue weighted by Crippen LogP contribution is 2.65. The molecule has 2 fully saturated rings. The Labute approximate surface area is 97.8 Å². The van der Waals surface area contributed by atoms with E-state index in [2.05, 4.69) is 32.3 Å². The Morgan fingerprint density at radius 1 is 1.62 bits per heavy atom. The summed E-state index contributed by atoms with van der Waals surface area (Å²) in [6.45, 7) is 12.8. The predicted molar refractivity (Wildman–Crippen MR) is 65.9 cm³/mol. The van der Waals surface area contributed by atoms with Gasteiger partial charge in [0.05, 0.1) is 5.41 Å². The first-order chi connectivity index (χ1) is 7.45. The van der Waals surface area contributed by atoms with Gasteiger partial charge in [0.15, 0.2) is 0 Å². The molecule has 2 aliphatic rings. The Balaban J connectivity index is 2.23. The van der Waals surface area contributed by atoms with Crippen LogP contribution in [0, 0.1) is 16.7 Å². The van der Waals surface area contributed by atoms with Gasteiger partial charge in [0.2, 0.25) is 5.91 Å². The van der Waals surface area contributed by atoms with Gasteiger partial charge in [-0.25, -0.2) is 0 Å². The van der Waals surface area contributed by atoms with E-state index in [1.54, 1.807) is 6.08 Å². The average molecular weight is 219 g/mol. The summed E-state index contributed by atoms with van der Waals surface area (Å²) in [6, 6.07) is 0. The van der Waals surface area contributed by atoms with Crippen LogP contribution in [0.5, 0.6) is 0 Å². The molecule has 1 N–H and O–H groups in total.